The van der Waals surface area contributed by atoms with Crippen LogP contribution in [0, 0.1) is 6.92 Å². The van der Waals surface area contributed by atoms with E-state index in [0.29, 0.717) is 13.0 Å². The van der Waals surface area contributed by atoms with Crippen molar-refractivity contribution < 1.29 is 9.53 Å². The maximum Gasteiger partial charge on any atom is 0.211 e. The molecule has 3 aromatic rings. The van der Waals surface area contributed by atoms with Gasteiger partial charge in [-0.15, -0.1) is 10.2 Å². The van der Waals surface area contributed by atoms with Gasteiger partial charge in [0.25, 0.3) is 0 Å². The Kier molecular flexibility index (Phi) is 3.74. The van der Waals surface area contributed by atoms with E-state index in [1.807, 2.05) is 50.2 Å². The van der Waals surface area contributed by atoms with Crippen LogP contribution in [0.2, 0.25) is 0 Å². The van der Waals surface area contributed by atoms with E-state index in [9.17, 15) is 4.79 Å². The third-order valence-corrected chi connectivity index (χ3v) is 3.32. The summed E-state index contributed by atoms with van der Waals surface area (Å²) < 4.78 is 5.42. The van der Waals surface area contributed by atoms with Gasteiger partial charge in [0.05, 0.1) is 12.3 Å². The molecule has 0 atom stereocenters. The van der Waals surface area contributed by atoms with Crippen molar-refractivity contribution in [1.82, 2.24) is 15.0 Å². The van der Waals surface area contributed by atoms with Crippen LogP contribution in [-0.4, -0.2) is 28.0 Å². The van der Waals surface area contributed by atoms with Crippen molar-refractivity contribution in [2.75, 3.05) is 11.9 Å². The molecule has 0 aliphatic carbocycles. The topological polar surface area (TPSA) is 69.0 Å². The number of fused-ring (bicyclic) bond motifs is 1. The Labute approximate surface area is 127 Å². The molecule has 3 rings (SSSR count). The van der Waals surface area contributed by atoms with E-state index < -0.39 is 0 Å². The SMILES string of the molecule is CCOc1ccc(-n2nc3cc(C)c(NC=O)cc3n2)cc1. The minimum Gasteiger partial charge on any atom is -0.494 e. The fourth-order valence-electron chi connectivity index (χ4n) is 2.24. The second-order valence-corrected chi connectivity index (χ2v) is 4.83. The number of nitrogens with one attached hydrogen (secondary N) is 1. The third kappa shape index (κ3) is 2.63. The van der Waals surface area contributed by atoms with Crippen LogP contribution in [0.4, 0.5) is 5.69 Å². The summed E-state index contributed by atoms with van der Waals surface area (Å²) in [4.78, 5) is 12.2. The molecule has 0 radical (unpaired) electrons. The van der Waals surface area contributed by atoms with Gasteiger partial charge in [-0.1, -0.05) is 0 Å². The molecule has 112 valence electrons. The molecule has 6 nitrogen and oxygen atoms in total. The van der Waals surface area contributed by atoms with Crippen molar-refractivity contribution in [3.8, 4) is 11.4 Å². The van der Waals surface area contributed by atoms with Gasteiger partial charge < -0.3 is 10.1 Å². The Morgan fingerprint density at radius 1 is 1.18 bits per heavy atom. The van der Waals surface area contributed by atoms with Crippen LogP contribution >= 0.6 is 0 Å². The average molecular weight is 296 g/mol. The zero-order valence-corrected chi connectivity index (χ0v) is 12.4. The van der Waals surface area contributed by atoms with Crippen molar-refractivity contribution in [2.24, 2.45) is 0 Å². The molecule has 0 fully saturated rings. The molecular weight excluding hydrogens is 280 g/mol. The number of carbonyl (C=O) groups excluding carboxylic acids is 1. The largest absolute Gasteiger partial charge is 0.494 e. The fourth-order valence-corrected chi connectivity index (χ4v) is 2.24. The average Bonchev–Trinajstić information content (AvgIpc) is 2.92. The van der Waals surface area contributed by atoms with Gasteiger partial charge in [-0.2, -0.15) is 4.80 Å². The predicted molar refractivity (Wildman–Crippen MR) is 84.5 cm³/mol. The summed E-state index contributed by atoms with van der Waals surface area (Å²) in [6, 6.07) is 11.3. The fraction of sp³-hybridized carbons (Fsp3) is 0.188. The highest BCUT2D eigenvalue weighted by atomic mass is 16.5. The molecule has 0 aliphatic heterocycles. The summed E-state index contributed by atoms with van der Waals surface area (Å²) in [6.45, 7) is 4.50. The number of benzene rings is 2. The first kappa shape index (κ1) is 14.1. The Morgan fingerprint density at radius 3 is 2.50 bits per heavy atom. The van der Waals surface area contributed by atoms with Gasteiger partial charge in [-0.05, 0) is 55.8 Å². The van der Waals surface area contributed by atoms with E-state index in [1.54, 1.807) is 4.80 Å². The summed E-state index contributed by atoms with van der Waals surface area (Å²) in [5.74, 6) is 0.816. The molecule has 1 N–H and O–H groups in total. The van der Waals surface area contributed by atoms with Crippen LogP contribution in [0.1, 0.15) is 12.5 Å². The van der Waals surface area contributed by atoms with Gasteiger partial charge in [0, 0.05) is 5.69 Å². The molecule has 0 saturated heterocycles. The lowest BCUT2D eigenvalue weighted by molar-refractivity contribution is -0.105. The van der Waals surface area contributed by atoms with E-state index in [4.69, 9.17) is 4.74 Å². The van der Waals surface area contributed by atoms with Gasteiger partial charge in [-0.25, -0.2) is 0 Å². The smallest absolute Gasteiger partial charge is 0.211 e. The lowest BCUT2D eigenvalue weighted by Crippen LogP contribution is -1.98. The number of carbonyl (C=O) groups is 1. The number of ether oxygens (including phenoxy) is 1. The van der Waals surface area contributed by atoms with Crippen molar-refractivity contribution >= 4 is 23.1 Å². The summed E-state index contributed by atoms with van der Waals surface area (Å²) in [6.07, 6.45) is 0.658. The Bertz CT molecular complexity index is 809. The highest BCUT2D eigenvalue weighted by Crippen LogP contribution is 2.22. The molecule has 22 heavy (non-hydrogen) atoms. The van der Waals surface area contributed by atoms with E-state index in [-0.39, 0.29) is 0 Å². The number of nitrogens with zero attached hydrogens (tertiary/aromatic N) is 3. The Morgan fingerprint density at radius 2 is 1.86 bits per heavy atom. The first-order valence-electron chi connectivity index (χ1n) is 7.02. The van der Waals surface area contributed by atoms with Gasteiger partial charge in [0.15, 0.2) is 0 Å². The highest BCUT2D eigenvalue weighted by Gasteiger charge is 2.08. The number of amides is 1. The van der Waals surface area contributed by atoms with Gasteiger partial charge in [0.2, 0.25) is 6.41 Å². The zero-order chi connectivity index (χ0) is 15.5. The molecule has 0 bridgehead atoms. The quantitative estimate of drug-likeness (QED) is 0.735. The van der Waals surface area contributed by atoms with Crippen LogP contribution in [0.25, 0.3) is 16.7 Å². The molecule has 1 aromatic heterocycles. The second-order valence-electron chi connectivity index (χ2n) is 4.83. The highest BCUT2D eigenvalue weighted by molar-refractivity contribution is 5.84. The van der Waals surface area contributed by atoms with Crippen LogP contribution in [0.5, 0.6) is 5.75 Å². The van der Waals surface area contributed by atoms with Crippen molar-refractivity contribution in [3.05, 3.63) is 42.0 Å². The van der Waals surface area contributed by atoms with E-state index in [1.165, 1.54) is 0 Å². The van der Waals surface area contributed by atoms with Crippen LogP contribution in [0.3, 0.4) is 0 Å². The van der Waals surface area contributed by atoms with Gasteiger partial charge >= 0.3 is 0 Å². The number of anilines is 1. The maximum atomic E-state index is 10.6. The Balaban J connectivity index is 1.99. The normalized spacial score (nSPS) is 10.6. The molecule has 0 saturated carbocycles. The van der Waals surface area contributed by atoms with E-state index in [2.05, 4.69) is 15.5 Å². The summed E-state index contributed by atoms with van der Waals surface area (Å²) in [7, 11) is 0. The molecular formula is C16H16N4O2. The first-order chi connectivity index (χ1) is 10.7. The minimum absolute atomic E-state index is 0.634. The molecule has 6 heteroatoms. The zero-order valence-electron chi connectivity index (χ0n) is 12.4. The molecule has 0 unspecified atom stereocenters. The third-order valence-electron chi connectivity index (χ3n) is 3.32. The van der Waals surface area contributed by atoms with E-state index in [0.717, 1.165) is 33.7 Å². The standard InChI is InChI=1S/C16H16N4O2/c1-3-22-13-6-4-12(5-7-13)20-18-15-8-11(2)14(17-10-21)9-16(15)19-20/h4-10H,3H2,1-2H3,(H,17,21). The van der Waals surface area contributed by atoms with Crippen molar-refractivity contribution in [1.29, 1.82) is 0 Å². The van der Waals surface area contributed by atoms with E-state index >= 15 is 0 Å². The van der Waals surface area contributed by atoms with Gasteiger partial charge in [0.1, 0.15) is 16.8 Å². The molecule has 0 aliphatic rings. The number of aromatic nitrogens is 3. The summed E-state index contributed by atoms with van der Waals surface area (Å²) in [5.41, 5.74) is 4.04. The predicted octanol–water partition coefficient (Wildman–Crippen LogP) is 2.70. The van der Waals surface area contributed by atoms with Crippen LogP contribution in [-0.2, 0) is 4.79 Å². The molecule has 0 spiro atoms. The number of aryl methyl sites for hydroxylation is 1. The summed E-state index contributed by atoms with van der Waals surface area (Å²) >= 11 is 0. The summed E-state index contributed by atoms with van der Waals surface area (Å²) in [5, 5.41) is 11.6. The Hall–Kier alpha value is -2.89. The molecule has 2 aromatic carbocycles. The van der Waals surface area contributed by atoms with Gasteiger partial charge in [-0.3, -0.25) is 4.79 Å². The van der Waals surface area contributed by atoms with Crippen LogP contribution in [0.15, 0.2) is 36.4 Å². The molecule has 1 heterocycles. The van der Waals surface area contributed by atoms with Crippen molar-refractivity contribution in [3.63, 3.8) is 0 Å². The monoisotopic (exact) mass is 296 g/mol. The molecule has 1 amide bonds. The van der Waals surface area contributed by atoms with Crippen molar-refractivity contribution in [2.45, 2.75) is 13.8 Å². The maximum absolute atomic E-state index is 10.6. The number of rotatable bonds is 5. The van der Waals surface area contributed by atoms with Crippen LogP contribution < -0.4 is 10.1 Å². The lowest BCUT2D eigenvalue weighted by Gasteiger charge is -2.03. The minimum atomic E-state index is 0.634. The lowest BCUT2D eigenvalue weighted by atomic mass is 10.2. The number of hydrogen-bond acceptors (Lipinski definition) is 4. The second kappa shape index (κ2) is 5.85. The first-order valence-corrected chi connectivity index (χ1v) is 7.02. The number of hydrogen-bond donors (Lipinski definition) is 1.